The van der Waals surface area contributed by atoms with Crippen molar-refractivity contribution in [2.24, 2.45) is 0 Å². The van der Waals surface area contributed by atoms with Gasteiger partial charge in [0, 0.05) is 18.0 Å². The first-order valence-corrected chi connectivity index (χ1v) is 5.25. The van der Waals surface area contributed by atoms with Crippen molar-refractivity contribution in [2.75, 3.05) is 19.5 Å². The Morgan fingerprint density at radius 3 is 2.71 bits per heavy atom. The molecule has 0 saturated carbocycles. The van der Waals surface area contributed by atoms with Gasteiger partial charge in [-0.15, -0.1) is 11.6 Å². The van der Waals surface area contributed by atoms with Crippen LogP contribution in [0.1, 0.15) is 12.0 Å². The van der Waals surface area contributed by atoms with Crippen LogP contribution in [0, 0.1) is 5.82 Å². The Bertz CT molecular complexity index is 278. The fourth-order valence-electron chi connectivity index (χ4n) is 1.33. The summed E-state index contributed by atoms with van der Waals surface area (Å²) in [4.78, 5) is 2.07. The van der Waals surface area contributed by atoms with Crippen LogP contribution in [0.25, 0.3) is 0 Å². The SMILES string of the molecule is CN(CCCCl)Cc1ccccc1F. The first kappa shape index (κ1) is 11.5. The van der Waals surface area contributed by atoms with E-state index in [1.807, 2.05) is 19.2 Å². The lowest BCUT2D eigenvalue weighted by Gasteiger charge is -2.16. The number of rotatable bonds is 5. The maximum atomic E-state index is 13.2. The molecule has 1 nitrogen and oxygen atoms in total. The Morgan fingerprint density at radius 2 is 2.07 bits per heavy atom. The number of alkyl halides is 1. The molecule has 0 radical (unpaired) electrons. The van der Waals surface area contributed by atoms with Crippen molar-refractivity contribution >= 4 is 11.6 Å². The average Bonchev–Trinajstić information content (AvgIpc) is 2.18. The van der Waals surface area contributed by atoms with Crippen LogP contribution in [0.2, 0.25) is 0 Å². The third-order valence-electron chi connectivity index (χ3n) is 2.07. The molecular formula is C11H15ClFN. The molecule has 0 aromatic heterocycles. The van der Waals surface area contributed by atoms with E-state index in [0.29, 0.717) is 12.4 Å². The molecule has 78 valence electrons. The van der Waals surface area contributed by atoms with Gasteiger partial charge < -0.3 is 4.90 Å². The summed E-state index contributed by atoms with van der Waals surface area (Å²) in [5, 5.41) is 0. The van der Waals surface area contributed by atoms with E-state index in [-0.39, 0.29) is 5.82 Å². The molecule has 0 aliphatic rings. The second-order valence-corrected chi connectivity index (χ2v) is 3.75. The highest BCUT2D eigenvalue weighted by atomic mass is 35.5. The Morgan fingerprint density at radius 1 is 1.36 bits per heavy atom. The van der Waals surface area contributed by atoms with Crippen LogP contribution in [0.4, 0.5) is 4.39 Å². The molecule has 1 aromatic rings. The quantitative estimate of drug-likeness (QED) is 0.683. The van der Waals surface area contributed by atoms with Crippen molar-refractivity contribution in [1.29, 1.82) is 0 Å². The summed E-state index contributed by atoms with van der Waals surface area (Å²) in [6.45, 7) is 1.54. The monoisotopic (exact) mass is 215 g/mol. The topological polar surface area (TPSA) is 3.24 Å². The molecule has 0 saturated heterocycles. The molecule has 0 heterocycles. The summed E-state index contributed by atoms with van der Waals surface area (Å²) in [6.07, 6.45) is 0.937. The van der Waals surface area contributed by atoms with E-state index in [2.05, 4.69) is 4.90 Å². The highest BCUT2D eigenvalue weighted by Crippen LogP contribution is 2.08. The standard InChI is InChI=1S/C11H15ClFN/c1-14(8-4-7-12)9-10-5-2-3-6-11(10)13/h2-3,5-6H,4,7-9H2,1H3. The van der Waals surface area contributed by atoms with Gasteiger partial charge in [-0.2, -0.15) is 0 Å². The van der Waals surface area contributed by atoms with Gasteiger partial charge >= 0.3 is 0 Å². The molecule has 1 aromatic carbocycles. The van der Waals surface area contributed by atoms with E-state index in [1.165, 1.54) is 6.07 Å². The predicted octanol–water partition coefficient (Wildman–Crippen LogP) is 2.89. The largest absolute Gasteiger partial charge is 0.302 e. The second kappa shape index (κ2) is 5.99. The van der Waals surface area contributed by atoms with Gasteiger partial charge in [0.2, 0.25) is 0 Å². The van der Waals surface area contributed by atoms with Gasteiger partial charge in [0.1, 0.15) is 5.82 Å². The highest BCUT2D eigenvalue weighted by molar-refractivity contribution is 6.17. The van der Waals surface area contributed by atoms with Crippen molar-refractivity contribution in [2.45, 2.75) is 13.0 Å². The molecule has 0 amide bonds. The van der Waals surface area contributed by atoms with Crippen LogP contribution in [-0.4, -0.2) is 24.4 Å². The van der Waals surface area contributed by atoms with Crippen molar-refractivity contribution in [1.82, 2.24) is 4.90 Å². The molecule has 0 aliphatic carbocycles. The Hall–Kier alpha value is -0.600. The summed E-state index contributed by atoms with van der Waals surface area (Å²) in [5.41, 5.74) is 0.740. The van der Waals surface area contributed by atoms with Gasteiger partial charge in [0.05, 0.1) is 0 Å². The second-order valence-electron chi connectivity index (χ2n) is 3.37. The van der Waals surface area contributed by atoms with E-state index >= 15 is 0 Å². The maximum absolute atomic E-state index is 13.2. The third kappa shape index (κ3) is 3.64. The van der Waals surface area contributed by atoms with Crippen LogP contribution in [0.15, 0.2) is 24.3 Å². The van der Waals surface area contributed by atoms with Gasteiger partial charge in [-0.3, -0.25) is 0 Å². The fraction of sp³-hybridized carbons (Fsp3) is 0.455. The molecule has 3 heteroatoms. The molecule has 1 rings (SSSR count). The molecule has 0 spiro atoms. The lowest BCUT2D eigenvalue weighted by molar-refractivity contribution is 0.322. The van der Waals surface area contributed by atoms with Crippen molar-refractivity contribution in [3.05, 3.63) is 35.6 Å². The summed E-state index contributed by atoms with van der Waals surface area (Å²) in [7, 11) is 1.97. The van der Waals surface area contributed by atoms with E-state index in [0.717, 1.165) is 18.5 Å². The number of benzene rings is 1. The van der Waals surface area contributed by atoms with Crippen LogP contribution >= 0.6 is 11.6 Å². The summed E-state index contributed by atoms with van der Waals surface area (Å²) >= 11 is 5.58. The third-order valence-corrected chi connectivity index (χ3v) is 2.34. The Labute approximate surface area is 89.5 Å². The minimum absolute atomic E-state index is 0.134. The van der Waals surface area contributed by atoms with Crippen molar-refractivity contribution in [3.63, 3.8) is 0 Å². The van der Waals surface area contributed by atoms with Crippen LogP contribution in [0.5, 0.6) is 0 Å². The zero-order chi connectivity index (χ0) is 10.4. The number of hydrogen-bond acceptors (Lipinski definition) is 1. The van der Waals surface area contributed by atoms with Gasteiger partial charge in [-0.05, 0) is 26.1 Å². The molecule has 14 heavy (non-hydrogen) atoms. The van der Waals surface area contributed by atoms with Crippen molar-refractivity contribution in [3.8, 4) is 0 Å². The smallest absolute Gasteiger partial charge is 0.127 e. The maximum Gasteiger partial charge on any atom is 0.127 e. The molecule has 0 unspecified atom stereocenters. The minimum Gasteiger partial charge on any atom is -0.302 e. The average molecular weight is 216 g/mol. The Kier molecular flexibility index (Phi) is 4.91. The normalized spacial score (nSPS) is 10.9. The molecule has 0 N–H and O–H groups in total. The predicted molar refractivity (Wildman–Crippen MR) is 58.1 cm³/mol. The van der Waals surface area contributed by atoms with E-state index in [1.54, 1.807) is 6.07 Å². The molecule has 0 atom stereocenters. The van der Waals surface area contributed by atoms with Gasteiger partial charge in [-0.1, -0.05) is 18.2 Å². The Balaban J connectivity index is 2.47. The van der Waals surface area contributed by atoms with Gasteiger partial charge in [0.15, 0.2) is 0 Å². The first-order chi connectivity index (χ1) is 6.74. The summed E-state index contributed by atoms with van der Waals surface area (Å²) in [6, 6.07) is 6.86. The van der Waals surface area contributed by atoms with Crippen LogP contribution in [-0.2, 0) is 6.54 Å². The van der Waals surface area contributed by atoms with Crippen LogP contribution < -0.4 is 0 Å². The zero-order valence-corrected chi connectivity index (χ0v) is 9.10. The van der Waals surface area contributed by atoms with E-state index in [4.69, 9.17) is 11.6 Å². The van der Waals surface area contributed by atoms with Crippen LogP contribution in [0.3, 0.4) is 0 Å². The van der Waals surface area contributed by atoms with E-state index in [9.17, 15) is 4.39 Å². The molecular weight excluding hydrogens is 201 g/mol. The molecule has 0 aliphatic heterocycles. The van der Waals surface area contributed by atoms with E-state index < -0.39 is 0 Å². The molecule has 0 fully saturated rings. The van der Waals surface area contributed by atoms with Crippen molar-refractivity contribution < 1.29 is 4.39 Å². The summed E-state index contributed by atoms with van der Waals surface area (Å²) in [5.74, 6) is 0.520. The zero-order valence-electron chi connectivity index (χ0n) is 8.34. The number of halogens is 2. The highest BCUT2D eigenvalue weighted by Gasteiger charge is 2.03. The minimum atomic E-state index is -0.134. The lowest BCUT2D eigenvalue weighted by atomic mass is 10.2. The number of nitrogens with zero attached hydrogens (tertiary/aromatic N) is 1. The molecule has 0 bridgehead atoms. The summed E-state index contributed by atoms with van der Waals surface area (Å²) < 4.78 is 13.2. The lowest BCUT2D eigenvalue weighted by Crippen LogP contribution is -2.20. The number of hydrogen-bond donors (Lipinski definition) is 0. The fourth-order valence-corrected chi connectivity index (χ4v) is 1.45. The van der Waals surface area contributed by atoms with Gasteiger partial charge in [-0.25, -0.2) is 4.39 Å². The first-order valence-electron chi connectivity index (χ1n) is 4.72. The van der Waals surface area contributed by atoms with Gasteiger partial charge in [0.25, 0.3) is 0 Å².